The van der Waals surface area contributed by atoms with Gasteiger partial charge in [0.1, 0.15) is 16.4 Å². The number of halogens is 3. The summed E-state index contributed by atoms with van der Waals surface area (Å²) in [6.07, 6.45) is 0.590. The molecule has 158 valence electrons. The minimum Gasteiger partial charge on any atom is -0.497 e. The average Bonchev–Trinajstić information content (AvgIpc) is 3.06. The van der Waals surface area contributed by atoms with Crippen molar-refractivity contribution in [3.8, 4) is 11.5 Å². The lowest BCUT2D eigenvalue weighted by Gasteiger charge is -2.09. The summed E-state index contributed by atoms with van der Waals surface area (Å²) in [6, 6.07) is 10.3. The van der Waals surface area contributed by atoms with Gasteiger partial charge in [-0.05, 0) is 42.8 Å². The maximum absolute atomic E-state index is 12.4. The molecule has 0 radical (unpaired) electrons. The minimum atomic E-state index is -0.488. The molecule has 0 aliphatic rings. The molecular weight excluding hydrogens is 471 g/mol. The molecule has 1 aromatic heterocycles. The Morgan fingerprint density at radius 3 is 2.60 bits per heavy atom. The van der Waals surface area contributed by atoms with E-state index in [4.69, 9.17) is 44.3 Å². The molecule has 1 heterocycles. The first-order valence-electron chi connectivity index (χ1n) is 8.82. The molecule has 2 amide bonds. The number of methoxy groups -OCH3 is 1. The molecule has 0 bridgehead atoms. The highest BCUT2D eigenvalue weighted by Crippen LogP contribution is 2.37. The number of carbonyl (C=O) groups is 2. The molecule has 0 fully saturated rings. The second-order valence-corrected chi connectivity index (χ2v) is 8.41. The van der Waals surface area contributed by atoms with Crippen molar-refractivity contribution in [1.82, 2.24) is 10.9 Å². The normalized spacial score (nSPS) is 10.7. The fourth-order valence-corrected chi connectivity index (χ4v) is 4.48. The number of amides is 2. The molecule has 0 saturated heterocycles. The van der Waals surface area contributed by atoms with E-state index in [0.29, 0.717) is 37.9 Å². The van der Waals surface area contributed by atoms with Gasteiger partial charge in [-0.2, -0.15) is 0 Å². The van der Waals surface area contributed by atoms with E-state index < -0.39 is 5.91 Å². The van der Waals surface area contributed by atoms with Crippen LogP contribution in [0.5, 0.6) is 11.5 Å². The summed E-state index contributed by atoms with van der Waals surface area (Å²) in [7, 11) is 1.56. The summed E-state index contributed by atoms with van der Waals surface area (Å²) >= 11 is 19.4. The monoisotopic (exact) mass is 486 g/mol. The zero-order valence-electron chi connectivity index (χ0n) is 15.8. The maximum Gasteiger partial charge on any atom is 0.281 e. The minimum absolute atomic E-state index is 0.156. The van der Waals surface area contributed by atoms with Crippen LogP contribution in [0.25, 0.3) is 10.1 Å². The van der Waals surface area contributed by atoms with Gasteiger partial charge in [0, 0.05) is 21.5 Å². The number of rotatable bonds is 7. The van der Waals surface area contributed by atoms with Gasteiger partial charge in [0.15, 0.2) is 0 Å². The van der Waals surface area contributed by atoms with E-state index in [-0.39, 0.29) is 18.9 Å². The largest absolute Gasteiger partial charge is 0.497 e. The summed E-state index contributed by atoms with van der Waals surface area (Å²) in [5, 5.41) is 1.99. The molecule has 0 unspecified atom stereocenters. The van der Waals surface area contributed by atoms with Crippen molar-refractivity contribution in [2.45, 2.75) is 12.8 Å². The topological polar surface area (TPSA) is 76.7 Å². The van der Waals surface area contributed by atoms with E-state index >= 15 is 0 Å². The van der Waals surface area contributed by atoms with E-state index in [1.807, 2.05) is 0 Å². The van der Waals surface area contributed by atoms with Crippen molar-refractivity contribution >= 4 is 68.0 Å². The van der Waals surface area contributed by atoms with Crippen LogP contribution >= 0.6 is 46.1 Å². The fraction of sp³-hybridized carbons (Fsp3) is 0.200. The van der Waals surface area contributed by atoms with Crippen molar-refractivity contribution in [3.05, 3.63) is 56.3 Å². The van der Waals surface area contributed by atoms with Crippen LogP contribution in [-0.4, -0.2) is 25.5 Å². The van der Waals surface area contributed by atoms with Gasteiger partial charge < -0.3 is 9.47 Å². The van der Waals surface area contributed by atoms with Crippen molar-refractivity contribution in [2.24, 2.45) is 0 Å². The highest BCUT2D eigenvalue weighted by atomic mass is 35.5. The summed E-state index contributed by atoms with van der Waals surface area (Å²) in [5.41, 5.74) is 4.76. The SMILES string of the molecule is COc1ccc2c(Cl)c(C(=O)NNC(=O)CCCOc3ccc(Cl)cc3Cl)sc2c1. The lowest BCUT2D eigenvalue weighted by molar-refractivity contribution is -0.122. The molecule has 3 rings (SSSR count). The lowest BCUT2D eigenvalue weighted by Crippen LogP contribution is -2.41. The summed E-state index contributed by atoms with van der Waals surface area (Å²) < 4.78 is 11.5. The van der Waals surface area contributed by atoms with E-state index in [1.165, 1.54) is 11.3 Å². The van der Waals surface area contributed by atoms with Crippen LogP contribution in [0.15, 0.2) is 36.4 Å². The number of fused-ring (bicyclic) bond motifs is 1. The standard InChI is InChI=1S/C20H17Cl3N2O4S/c1-28-12-5-6-13-16(10-12)30-19(18(13)23)20(27)25-24-17(26)3-2-8-29-15-7-4-11(21)9-14(15)22/h4-7,9-10H,2-3,8H2,1H3,(H,24,26)(H,25,27). The Hall–Kier alpha value is -2.19. The highest BCUT2D eigenvalue weighted by Gasteiger charge is 2.18. The number of carbonyl (C=O) groups excluding carboxylic acids is 2. The van der Waals surface area contributed by atoms with Crippen LogP contribution < -0.4 is 20.3 Å². The molecule has 0 saturated carbocycles. The molecule has 3 aromatic rings. The third kappa shape index (κ3) is 5.49. The molecular formula is C20H17Cl3N2O4S. The Morgan fingerprint density at radius 1 is 1.07 bits per heavy atom. The van der Waals surface area contributed by atoms with E-state index in [9.17, 15) is 9.59 Å². The molecule has 30 heavy (non-hydrogen) atoms. The molecule has 6 nitrogen and oxygen atoms in total. The van der Waals surface area contributed by atoms with E-state index in [0.717, 1.165) is 10.1 Å². The highest BCUT2D eigenvalue weighted by molar-refractivity contribution is 7.21. The second-order valence-electron chi connectivity index (χ2n) is 6.14. The zero-order valence-corrected chi connectivity index (χ0v) is 18.8. The van der Waals surface area contributed by atoms with E-state index in [1.54, 1.807) is 43.5 Å². The van der Waals surface area contributed by atoms with Crippen LogP contribution in [-0.2, 0) is 4.79 Å². The van der Waals surface area contributed by atoms with E-state index in [2.05, 4.69) is 10.9 Å². The molecule has 2 aromatic carbocycles. The van der Waals surface area contributed by atoms with Gasteiger partial charge in [0.25, 0.3) is 5.91 Å². The summed E-state index contributed by atoms with van der Waals surface area (Å²) in [4.78, 5) is 24.7. The Kier molecular flexibility index (Phi) is 7.66. The quantitative estimate of drug-likeness (QED) is 0.341. The Bertz CT molecular complexity index is 1090. The second kappa shape index (κ2) is 10.2. The zero-order chi connectivity index (χ0) is 21.7. The molecule has 0 atom stereocenters. The lowest BCUT2D eigenvalue weighted by atomic mass is 10.2. The van der Waals surface area contributed by atoms with Gasteiger partial charge in [-0.1, -0.05) is 34.8 Å². The number of benzene rings is 2. The number of hydrogen-bond donors (Lipinski definition) is 2. The van der Waals surface area contributed by atoms with Crippen LogP contribution in [0.1, 0.15) is 22.5 Å². The van der Waals surface area contributed by atoms with Crippen molar-refractivity contribution in [2.75, 3.05) is 13.7 Å². The number of hydrogen-bond acceptors (Lipinski definition) is 5. The first kappa shape index (κ1) is 22.5. The predicted molar refractivity (Wildman–Crippen MR) is 120 cm³/mol. The number of thiophene rings is 1. The molecule has 2 N–H and O–H groups in total. The third-order valence-corrected chi connectivity index (χ3v) is 6.24. The van der Waals surface area contributed by atoms with Gasteiger partial charge >= 0.3 is 0 Å². The molecule has 0 aliphatic carbocycles. The number of nitrogens with one attached hydrogen (secondary N) is 2. The van der Waals surface area contributed by atoms with Crippen molar-refractivity contribution in [1.29, 1.82) is 0 Å². The average molecular weight is 488 g/mol. The first-order valence-corrected chi connectivity index (χ1v) is 10.8. The number of ether oxygens (including phenoxy) is 2. The van der Waals surface area contributed by atoms with Crippen LogP contribution in [0, 0.1) is 0 Å². The Labute approximate surface area is 192 Å². The summed E-state index contributed by atoms with van der Waals surface area (Å²) in [5.74, 6) is 0.319. The summed E-state index contributed by atoms with van der Waals surface area (Å²) in [6.45, 7) is 0.284. The Balaban J connectivity index is 1.47. The smallest absolute Gasteiger partial charge is 0.281 e. The van der Waals surface area contributed by atoms with Crippen molar-refractivity contribution in [3.63, 3.8) is 0 Å². The molecule has 0 aliphatic heterocycles. The molecule has 10 heteroatoms. The fourth-order valence-electron chi connectivity index (χ4n) is 2.57. The van der Waals surface area contributed by atoms with Gasteiger partial charge in [-0.15, -0.1) is 11.3 Å². The van der Waals surface area contributed by atoms with Gasteiger partial charge in [-0.25, -0.2) is 0 Å². The maximum atomic E-state index is 12.4. The number of hydrazine groups is 1. The van der Waals surface area contributed by atoms with Crippen LogP contribution in [0.2, 0.25) is 15.1 Å². The van der Waals surface area contributed by atoms with Gasteiger partial charge in [0.2, 0.25) is 5.91 Å². The van der Waals surface area contributed by atoms with Crippen LogP contribution in [0.3, 0.4) is 0 Å². The predicted octanol–water partition coefficient (Wildman–Crippen LogP) is 5.49. The van der Waals surface area contributed by atoms with Crippen LogP contribution in [0.4, 0.5) is 0 Å². The van der Waals surface area contributed by atoms with Gasteiger partial charge in [-0.3, -0.25) is 20.4 Å². The molecule has 0 spiro atoms. The Morgan fingerprint density at radius 2 is 1.87 bits per heavy atom. The first-order chi connectivity index (χ1) is 14.4. The third-order valence-electron chi connectivity index (χ3n) is 4.06. The van der Waals surface area contributed by atoms with Gasteiger partial charge in [0.05, 0.1) is 23.8 Å². The van der Waals surface area contributed by atoms with Crippen molar-refractivity contribution < 1.29 is 19.1 Å².